The average molecular weight is 574 g/mol. The van der Waals surface area contributed by atoms with Crippen molar-refractivity contribution < 1.29 is 27.5 Å². The normalized spacial score (nSPS) is 10.9. The molecule has 0 aliphatic rings. The smallest absolute Gasteiger partial charge is 0.264 e. The Morgan fingerprint density at radius 2 is 1.41 bits per heavy atom. The summed E-state index contributed by atoms with van der Waals surface area (Å²) in [5.74, 6) is -0.282. The van der Waals surface area contributed by atoms with E-state index >= 15 is 0 Å². The molecule has 4 aromatic rings. The summed E-state index contributed by atoms with van der Waals surface area (Å²) in [7, 11) is -1.25. The van der Waals surface area contributed by atoms with E-state index in [1.54, 1.807) is 48.5 Å². The summed E-state index contributed by atoms with van der Waals surface area (Å²) in [6, 6.07) is 28.7. The van der Waals surface area contributed by atoms with Crippen LogP contribution in [-0.2, 0) is 21.2 Å². The van der Waals surface area contributed by atoms with Gasteiger partial charge in [0.25, 0.3) is 15.9 Å². The molecule has 0 bridgehead atoms. The van der Waals surface area contributed by atoms with E-state index < -0.39 is 22.5 Å². The zero-order chi connectivity index (χ0) is 29.2. The first-order chi connectivity index (χ1) is 19.8. The number of ether oxygens (including phenoxy) is 2. The number of para-hydroxylation sites is 1. The number of amides is 2. The highest BCUT2D eigenvalue weighted by Gasteiger charge is 2.28. The number of carbonyl (C=O) groups excluding carboxylic acids is 2. The highest BCUT2D eigenvalue weighted by molar-refractivity contribution is 7.92. The van der Waals surface area contributed by atoms with Crippen LogP contribution in [0.3, 0.4) is 0 Å². The number of methoxy groups -OCH3 is 2. The van der Waals surface area contributed by atoms with Crippen LogP contribution < -0.4 is 24.4 Å². The number of benzene rings is 4. The van der Waals surface area contributed by atoms with Gasteiger partial charge in [-0.2, -0.15) is 0 Å². The van der Waals surface area contributed by atoms with Crippen molar-refractivity contribution in [2.24, 2.45) is 0 Å². The van der Waals surface area contributed by atoms with E-state index in [0.29, 0.717) is 24.5 Å². The molecule has 2 amide bonds. The van der Waals surface area contributed by atoms with Crippen LogP contribution in [0.15, 0.2) is 108 Å². The van der Waals surface area contributed by atoms with E-state index in [1.807, 2.05) is 30.3 Å². The van der Waals surface area contributed by atoms with Gasteiger partial charge < -0.3 is 20.1 Å². The molecule has 0 atom stereocenters. The second kappa shape index (κ2) is 13.5. The van der Waals surface area contributed by atoms with Gasteiger partial charge in [0.05, 0.1) is 36.1 Å². The van der Waals surface area contributed by atoms with Crippen LogP contribution in [0.4, 0.5) is 11.4 Å². The van der Waals surface area contributed by atoms with Gasteiger partial charge in [0.15, 0.2) is 11.5 Å². The summed E-state index contributed by atoms with van der Waals surface area (Å²) in [6.45, 7) is -0.149. The number of hydrogen-bond donors (Lipinski definition) is 2. The minimum absolute atomic E-state index is 0.0146. The topological polar surface area (TPSA) is 114 Å². The molecule has 0 spiro atoms. The molecule has 212 valence electrons. The Morgan fingerprint density at radius 1 is 0.780 bits per heavy atom. The SMILES string of the molecule is COc1ccc(N(CC(=O)Nc2ccccc2C(=O)NCCc2ccccc2)S(=O)(=O)c2ccccc2)cc1OC. The van der Waals surface area contributed by atoms with Crippen LogP contribution in [0.2, 0.25) is 0 Å². The fraction of sp³-hybridized carbons (Fsp3) is 0.161. The molecule has 0 radical (unpaired) electrons. The van der Waals surface area contributed by atoms with Gasteiger partial charge in [0.1, 0.15) is 6.54 Å². The van der Waals surface area contributed by atoms with Gasteiger partial charge in [-0.1, -0.05) is 60.7 Å². The Kier molecular flexibility index (Phi) is 9.60. The Hall–Kier alpha value is -4.83. The number of nitrogens with one attached hydrogen (secondary N) is 2. The molecule has 41 heavy (non-hydrogen) atoms. The first-order valence-electron chi connectivity index (χ1n) is 12.8. The molecule has 0 aliphatic carbocycles. The van der Waals surface area contributed by atoms with Crippen molar-refractivity contribution in [1.29, 1.82) is 0 Å². The van der Waals surface area contributed by atoms with Crippen LogP contribution in [0.5, 0.6) is 11.5 Å². The molecular formula is C31H31N3O6S. The van der Waals surface area contributed by atoms with Crippen molar-refractivity contribution in [2.45, 2.75) is 11.3 Å². The van der Waals surface area contributed by atoms with Crippen LogP contribution in [0, 0.1) is 0 Å². The number of hydrogen-bond acceptors (Lipinski definition) is 6. The summed E-state index contributed by atoms with van der Waals surface area (Å²) in [4.78, 5) is 26.3. The van der Waals surface area contributed by atoms with E-state index in [1.165, 1.54) is 38.5 Å². The number of sulfonamides is 1. The fourth-order valence-corrected chi connectivity index (χ4v) is 5.62. The Balaban J connectivity index is 1.56. The lowest BCUT2D eigenvalue weighted by Gasteiger charge is -2.25. The van der Waals surface area contributed by atoms with Gasteiger partial charge in [-0.25, -0.2) is 8.42 Å². The third-order valence-corrected chi connectivity index (χ3v) is 8.05. The van der Waals surface area contributed by atoms with Gasteiger partial charge >= 0.3 is 0 Å². The molecule has 0 heterocycles. The molecule has 10 heteroatoms. The van der Waals surface area contributed by atoms with Crippen molar-refractivity contribution in [3.8, 4) is 11.5 Å². The molecule has 4 rings (SSSR count). The third-order valence-electron chi connectivity index (χ3n) is 6.26. The second-order valence-corrected chi connectivity index (χ2v) is 10.8. The lowest BCUT2D eigenvalue weighted by Crippen LogP contribution is -2.38. The van der Waals surface area contributed by atoms with Crippen molar-refractivity contribution in [3.63, 3.8) is 0 Å². The van der Waals surface area contributed by atoms with Crippen LogP contribution >= 0.6 is 0 Å². The van der Waals surface area contributed by atoms with Gasteiger partial charge in [0.2, 0.25) is 5.91 Å². The van der Waals surface area contributed by atoms with Crippen LogP contribution in [0.25, 0.3) is 0 Å². The molecule has 2 N–H and O–H groups in total. The number of nitrogens with zero attached hydrogens (tertiary/aromatic N) is 1. The molecular weight excluding hydrogens is 542 g/mol. The van der Waals surface area contributed by atoms with Crippen molar-refractivity contribution in [2.75, 3.05) is 36.9 Å². The Labute approximate surface area is 239 Å². The van der Waals surface area contributed by atoms with Gasteiger partial charge in [-0.15, -0.1) is 0 Å². The van der Waals surface area contributed by atoms with E-state index in [9.17, 15) is 18.0 Å². The minimum Gasteiger partial charge on any atom is -0.493 e. The molecule has 0 saturated carbocycles. The summed E-state index contributed by atoms with van der Waals surface area (Å²) in [6.07, 6.45) is 0.652. The largest absolute Gasteiger partial charge is 0.493 e. The second-order valence-electron chi connectivity index (χ2n) is 8.95. The predicted octanol–water partition coefficient (Wildman–Crippen LogP) is 4.51. The molecule has 0 aliphatic heterocycles. The maximum absolute atomic E-state index is 13.7. The molecule has 0 unspecified atom stereocenters. The highest BCUT2D eigenvalue weighted by atomic mass is 32.2. The molecule has 0 aromatic heterocycles. The number of anilines is 2. The number of carbonyl (C=O) groups is 2. The van der Waals surface area contributed by atoms with Gasteiger partial charge in [0, 0.05) is 12.6 Å². The Bertz CT molecular complexity index is 1590. The quantitative estimate of drug-likeness (QED) is 0.258. The van der Waals surface area contributed by atoms with E-state index in [-0.39, 0.29) is 27.7 Å². The lowest BCUT2D eigenvalue weighted by molar-refractivity contribution is -0.114. The number of rotatable bonds is 12. The van der Waals surface area contributed by atoms with Crippen molar-refractivity contribution >= 4 is 33.2 Å². The van der Waals surface area contributed by atoms with E-state index in [2.05, 4.69) is 10.6 Å². The van der Waals surface area contributed by atoms with Crippen LogP contribution in [-0.4, -0.2) is 47.5 Å². The molecule has 0 saturated heterocycles. The van der Waals surface area contributed by atoms with Gasteiger partial charge in [-0.3, -0.25) is 13.9 Å². The van der Waals surface area contributed by atoms with Gasteiger partial charge in [-0.05, 0) is 48.4 Å². The summed E-state index contributed by atoms with van der Waals surface area (Å²) in [5.41, 5.74) is 1.81. The zero-order valence-corrected chi connectivity index (χ0v) is 23.6. The minimum atomic E-state index is -4.15. The highest BCUT2D eigenvalue weighted by Crippen LogP contribution is 2.33. The van der Waals surface area contributed by atoms with E-state index in [0.717, 1.165) is 9.87 Å². The first-order valence-corrected chi connectivity index (χ1v) is 14.3. The maximum Gasteiger partial charge on any atom is 0.264 e. The molecule has 4 aromatic carbocycles. The van der Waals surface area contributed by atoms with Crippen molar-refractivity contribution in [3.05, 3.63) is 114 Å². The lowest BCUT2D eigenvalue weighted by atomic mass is 10.1. The molecule has 9 nitrogen and oxygen atoms in total. The molecule has 0 fully saturated rings. The third kappa shape index (κ3) is 7.23. The zero-order valence-electron chi connectivity index (χ0n) is 22.7. The predicted molar refractivity (Wildman–Crippen MR) is 158 cm³/mol. The Morgan fingerprint density at radius 3 is 2.10 bits per heavy atom. The maximum atomic E-state index is 13.7. The fourth-order valence-electron chi connectivity index (χ4n) is 4.19. The first kappa shape index (κ1) is 29.2. The van der Waals surface area contributed by atoms with Crippen molar-refractivity contribution in [1.82, 2.24) is 5.32 Å². The average Bonchev–Trinajstić information content (AvgIpc) is 3.00. The standard InChI is InChI=1S/C31H31N3O6S/c1-39-28-18-17-24(21-29(28)40-2)34(41(37,38)25-13-7-4-8-14-25)22-30(35)33-27-16-10-9-15-26(27)31(36)32-20-19-23-11-5-3-6-12-23/h3-18,21H,19-20,22H2,1-2H3,(H,32,36)(H,33,35). The summed E-state index contributed by atoms with van der Waals surface area (Å²) >= 11 is 0. The van der Waals surface area contributed by atoms with E-state index in [4.69, 9.17) is 9.47 Å². The van der Waals surface area contributed by atoms with Crippen LogP contribution in [0.1, 0.15) is 15.9 Å². The summed E-state index contributed by atoms with van der Waals surface area (Å²) in [5, 5.41) is 5.59. The monoisotopic (exact) mass is 573 g/mol. The summed E-state index contributed by atoms with van der Waals surface area (Å²) < 4.78 is 39.0.